The maximum Gasteiger partial charge on any atom is 0.317 e. The van der Waals surface area contributed by atoms with Crippen molar-refractivity contribution >= 4 is 6.03 Å². The number of amides is 2. The predicted molar refractivity (Wildman–Crippen MR) is 110 cm³/mol. The molecule has 1 aliphatic rings. The minimum absolute atomic E-state index is 0.0130. The van der Waals surface area contributed by atoms with Crippen LogP contribution in [0.1, 0.15) is 11.1 Å². The lowest BCUT2D eigenvalue weighted by Gasteiger charge is -2.34. The number of methoxy groups -OCH3 is 2. The monoisotopic (exact) mass is 383 g/mol. The van der Waals surface area contributed by atoms with E-state index >= 15 is 0 Å². The normalized spacial score (nSPS) is 14.6. The van der Waals surface area contributed by atoms with E-state index in [9.17, 15) is 4.79 Å². The first-order valence-electron chi connectivity index (χ1n) is 9.69. The number of para-hydroxylation sites is 1. The van der Waals surface area contributed by atoms with Crippen LogP contribution in [0.5, 0.6) is 11.5 Å². The Kier molecular flexibility index (Phi) is 7.14. The van der Waals surface area contributed by atoms with E-state index in [0.29, 0.717) is 6.54 Å². The third-order valence-corrected chi connectivity index (χ3v) is 5.09. The van der Waals surface area contributed by atoms with Crippen LogP contribution in [0, 0.1) is 0 Å². The third kappa shape index (κ3) is 5.39. The summed E-state index contributed by atoms with van der Waals surface area (Å²) < 4.78 is 10.6. The number of hydrogen-bond donors (Lipinski definition) is 1. The van der Waals surface area contributed by atoms with Crippen LogP contribution in [0.15, 0.2) is 48.5 Å². The standard InChI is InChI=1S/C22H29N3O3/c1-27-20-9-7-18(8-10-20)17-24-13-15-25(16-14-24)22(26)23-12-11-19-5-3-4-6-21(19)28-2/h3-10H,11-17H2,1-2H3,(H,23,26). The van der Waals surface area contributed by atoms with Crippen LogP contribution < -0.4 is 14.8 Å². The lowest BCUT2D eigenvalue weighted by molar-refractivity contribution is 0.135. The Labute approximate surface area is 167 Å². The molecular formula is C22H29N3O3. The third-order valence-electron chi connectivity index (χ3n) is 5.09. The fraction of sp³-hybridized carbons (Fsp3) is 0.409. The Morgan fingerprint density at radius 2 is 1.68 bits per heavy atom. The highest BCUT2D eigenvalue weighted by molar-refractivity contribution is 5.74. The molecule has 3 rings (SSSR count). The topological polar surface area (TPSA) is 54.0 Å². The number of rotatable bonds is 7. The van der Waals surface area contributed by atoms with Gasteiger partial charge in [-0.2, -0.15) is 0 Å². The van der Waals surface area contributed by atoms with Gasteiger partial charge in [-0.05, 0) is 35.7 Å². The van der Waals surface area contributed by atoms with Crippen molar-refractivity contribution in [2.24, 2.45) is 0 Å². The zero-order valence-electron chi connectivity index (χ0n) is 16.7. The van der Waals surface area contributed by atoms with Gasteiger partial charge in [-0.15, -0.1) is 0 Å². The second-order valence-corrected chi connectivity index (χ2v) is 6.91. The molecule has 0 saturated carbocycles. The summed E-state index contributed by atoms with van der Waals surface area (Å²) in [4.78, 5) is 16.7. The molecule has 2 amide bonds. The number of nitrogens with one attached hydrogen (secondary N) is 1. The van der Waals surface area contributed by atoms with E-state index in [1.807, 2.05) is 41.3 Å². The second-order valence-electron chi connectivity index (χ2n) is 6.91. The lowest BCUT2D eigenvalue weighted by Crippen LogP contribution is -2.51. The van der Waals surface area contributed by atoms with Gasteiger partial charge in [0.15, 0.2) is 0 Å². The molecule has 0 unspecified atom stereocenters. The summed E-state index contributed by atoms with van der Waals surface area (Å²) in [5.74, 6) is 1.74. The molecule has 2 aromatic rings. The first kappa shape index (κ1) is 20.0. The molecule has 150 valence electrons. The number of nitrogens with zero attached hydrogens (tertiary/aromatic N) is 2. The van der Waals surface area contributed by atoms with E-state index in [4.69, 9.17) is 9.47 Å². The Morgan fingerprint density at radius 3 is 2.36 bits per heavy atom. The zero-order valence-corrected chi connectivity index (χ0v) is 16.7. The lowest BCUT2D eigenvalue weighted by atomic mass is 10.1. The van der Waals surface area contributed by atoms with Crippen molar-refractivity contribution in [1.29, 1.82) is 0 Å². The Balaban J connectivity index is 1.39. The first-order chi connectivity index (χ1) is 13.7. The summed E-state index contributed by atoms with van der Waals surface area (Å²) in [6.45, 7) is 4.75. The van der Waals surface area contributed by atoms with Gasteiger partial charge in [0.25, 0.3) is 0 Å². The van der Waals surface area contributed by atoms with Gasteiger partial charge in [0.05, 0.1) is 14.2 Å². The molecule has 0 radical (unpaired) electrons. The van der Waals surface area contributed by atoms with Crippen molar-refractivity contribution in [3.8, 4) is 11.5 Å². The maximum absolute atomic E-state index is 12.4. The van der Waals surface area contributed by atoms with Crippen LogP contribution in [-0.2, 0) is 13.0 Å². The van der Waals surface area contributed by atoms with Gasteiger partial charge in [0, 0.05) is 39.3 Å². The average molecular weight is 383 g/mol. The number of piperazine rings is 1. The molecule has 1 N–H and O–H groups in total. The SMILES string of the molecule is COc1ccc(CN2CCN(C(=O)NCCc3ccccc3OC)CC2)cc1. The molecule has 1 saturated heterocycles. The van der Waals surface area contributed by atoms with Gasteiger partial charge in [-0.3, -0.25) is 4.90 Å². The first-order valence-corrected chi connectivity index (χ1v) is 9.69. The molecular weight excluding hydrogens is 354 g/mol. The number of hydrogen-bond acceptors (Lipinski definition) is 4. The fourth-order valence-corrected chi connectivity index (χ4v) is 3.42. The molecule has 0 bridgehead atoms. The summed E-state index contributed by atoms with van der Waals surface area (Å²) in [6.07, 6.45) is 0.757. The summed E-state index contributed by atoms with van der Waals surface area (Å²) in [7, 11) is 3.35. The van der Waals surface area contributed by atoms with E-state index in [0.717, 1.165) is 56.2 Å². The highest BCUT2D eigenvalue weighted by atomic mass is 16.5. The van der Waals surface area contributed by atoms with Crippen molar-refractivity contribution < 1.29 is 14.3 Å². The van der Waals surface area contributed by atoms with Crippen LogP contribution in [0.4, 0.5) is 4.79 Å². The van der Waals surface area contributed by atoms with Gasteiger partial charge in [-0.25, -0.2) is 4.79 Å². The van der Waals surface area contributed by atoms with Crippen molar-refractivity contribution in [2.45, 2.75) is 13.0 Å². The summed E-state index contributed by atoms with van der Waals surface area (Å²) in [5, 5.41) is 3.03. The minimum Gasteiger partial charge on any atom is -0.497 e. The van der Waals surface area contributed by atoms with Crippen molar-refractivity contribution in [2.75, 3.05) is 46.9 Å². The van der Waals surface area contributed by atoms with Crippen LogP contribution in [0.25, 0.3) is 0 Å². The molecule has 1 aliphatic heterocycles. The molecule has 0 aliphatic carbocycles. The molecule has 6 heteroatoms. The van der Waals surface area contributed by atoms with Crippen LogP contribution >= 0.6 is 0 Å². The van der Waals surface area contributed by atoms with E-state index in [1.54, 1.807) is 14.2 Å². The molecule has 2 aromatic carbocycles. The zero-order chi connectivity index (χ0) is 19.8. The van der Waals surface area contributed by atoms with Gasteiger partial charge >= 0.3 is 6.03 Å². The van der Waals surface area contributed by atoms with E-state index in [1.165, 1.54) is 5.56 Å². The highest BCUT2D eigenvalue weighted by Gasteiger charge is 2.20. The molecule has 6 nitrogen and oxygen atoms in total. The molecule has 0 spiro atoms. The Morgan fingerprint density at radius 1 is 0.964 bits per heavy atom. The smallest absolute Gasteiger partial charge is 0.317 e. The number of ether oxygens (including phenoxy) is 2. The van der Waals surface area contributed by atoms with Crippen molar-refractivity contribution in [3.63, 3.8) is 0 Å². The Bertz CT molecular complexity index is 756. The van der Waals surface area contributed by atoms with Crippen LogP contribution in [0.3, 0.4) is 0 Å². The molecule has 1 heterocycles. The van der Waals surface area contributed by atoms with Crippen LogP contribution in [0.2, 0.25) is 0 Å². The van der Waals surface area contributed by atoms with Crippen molar-refractivity contribution in [1.82, 2.24) is 15.1 Å². The number of carbonyl (C=O) groups is 1. The van der Waals surface area contributed by atoms with E-state index in [-0.39, 0.29) is 6.03 Å². The number of urea groups is 1. The van der Waals surface area contributed by atoms with E-state index < -0.39 is 0 Å². The Hall–Kier alpha value is -2.73. The average Bonchev–Trinajstić information content (AvgIpc) is 2.75. The summed E-state index contributed by atoms with van der Waals surface area (Å²) >= 11 is 0. The maximum atomic E-state index is 12.4. The highest BCUT2D eigenvalue weighted by Crippen LogP contribution is 2.17. The molecule has 0 atom stereocenters. The second kappa shape index (κ2) is 9.99. The summed E-state index contributed by atoms with van der Waals surface area (Å²) in [5.41, 5.74) is 2.37. The fourth-order valence-electron chi connectivity index (χ4n) is 3.42. The van der Waals surface area contributed by atoms with Gasteiger partial charge in [0.1, 0.15) is 11.5 Å². The molecule has 28 heavy (non-hydrogen) atoms. The molecule has 0 aromatic heterocycles. The summed E-state index contributed by atoms with van der Waals surface area (Å²) in [6, 6.07) is 16.1. The predicted octanol–water partition coefficient (Wildman–Crippen LogP) is 2.77. The van der Waals surface area contributed by atoms with E-state index in [2.05, 4.69) is 22.3 Å². The quantitative estimate of drug-likeness (QED) is 0.799. The van der Waals surface area contributed by atoms with Crippen molar-refractivity contribution in [3.05, 3.63) is 59.7 Å². The number of benzene rings is 2. The van der Waals surface area contributed by atoms with Crippen LogP contribution in [-0.4, -0.2) is 62.8 Å². The molecule has 1 fully saturated rings. The largest absolute Gasteiger partial charge is 0.497 e. The van der Waals surface area contributed by atoms with Gasteiger partial charge < -0.3 is 19.7 Å². The minimum atomic E-state index is 0.0130. The number of carbonyl (C=O) groups excluding carboxylic acids is 1. The van der Waals surface area contributed by atoms with Gasteiger partial charge in [0.2, 0.25) is 0 Å². The van der Waals surface area contributed by atoms with Gasteiger partial charge in [-0.1, -0.05) is 30.3 Å².